The van der Waals surface area contributed by atoms with Gasteiger partial charge in [0.2, 0.25) is 5.91 Å². The Morgan fingerprint density at radius 1 is 1.48 bits per heavy atom. The maximum Gasteiger partial charge on any atom is 0.327 e. The van der Waals surface area contributed by atoms with Crippen molar-refractivity contribution in [3.05, 3.63) is 53.2 Å². The fourth-order valence-electron chi connectivity index (χ4n) is 2.79. The molecule has 2 heterocycles. The van der Waals surface area contributed by atoms with Crippen LogP contribution in [0.2, 0.25) is 0 Å². The third-order valence-electron chi connectivity index (χ3n) is 4.04. The second-order valence-corrected chi connectivity index (χ2v) is 6.42. The molecule has 0 radical (unpaired) electrons. The minimum absolute atomic E-state index is 0.0882. The lowest BCUT2D eigenvalue weighted by Gasteiger charge is -2.30. The maximum absolute atomic E-state index is 12.4. The average molecular weight is 360 g/mol. The van der Waals surface area contributed by atoms with Crippen LogP contribution in [0.1, 0.15) is 18.9 Å². The summed E-state index contributed by atoms with van der Waals surface area (Å²) in [6.45, 7) is 2.23. The van der Waals surface area contributed by atoms with Crippen LogP contribution in [0.25, 0.3) is 0 Å². The van der Waals surface area contributed by atoms with Crippen LogP contribution < -0.4 is 16.4 Å². The van der Waals surface area contributed by atoms with Gasteiger partial charge in [-0.1, -0.05) is 35.9 Å². The van der Waals surface area contributed by atoms with Crippen molar-refractivity contribution in [1.82, 2.24) is 10.2 Å². The number of amides is 3. The summed E-state index contributed by atoms with van der Waals surface area (Å²) in [5.74, 6) is -0.105. The van der Waals surface area contributed by atoms with E-state index in [9.17, 15) is 9.59 Å². The molecule has 2 aliphatic heterocycles. The van der Waals surface area contributed by atoms with E-state index in [2.05, 4.69) is 15.6 Å². The van der Waals surface area contributed by atoms with Crippen LogP contribution in [-0.2, 0) is 10.3 Å². The summed E-state index contributed by atoms with van der Waals surface area (Å²) in [6, 6.07) is 6.85. The monoisotopic (exact) mass is 359 g/mol. The van der Waals surface area contributed by atoms with Gasteiger partial charge in [0.05, 0.1) is 12.0 Å². The first-order valence-corrected chi connectivity index (χ1v) is 8.12. The average Bonchev–Trinajstić information content (AvgIpc) is 2.54. The molecule has 0 spiro atoms. The van der Waals surface area contributed by atoms with Crippen molar-refractivity contribution in [2.24, 2.45) is 10.7 Å². The molecule has 1 aromatic carbocycles. The van der Waals surface area contributed by atoms with Crippen LogP contribution in [0.15, 0.2) is 52.6 Å². The van der Waals surface area contributed by atoms with Crippen LogP contribution in [0.4, 0.5) is 10.5 Å². The van der Waals surface area contributed by atoms with Gasteiger partial charge in [-0.3, -0.25) is 15.0 Å². The summed E-state index contributed by atoms with van der Waals surface area (Å²) < 4.78 is 0. The predicted molar refractivity (Wildman–Crippen MR) is 97.0 cm³/mol. The number of aliphatic imine (C=N–C) groups is 1. The van der Waals surface area contributed by atoms with Crippen molar-refractivity contribution in [3.63, 3.8) is 0 Å². The number of nitrogens with one attached hydrogen (secondary N) is 2. The van der Waals surface area contributed by atoms with Gasteiger partial charge in [0.15, 0.2) is 5.96 Å². The molecule has 7 nitrogen and oxygen atoms in total. The Kier molecular flexibility index (Phi) is 4.50. The second kappa shape index (κ2) is 6.60. The molecule has 0 saturated heterocycles. The van der Waals surface area contributed by atoms with Crippen molar-refractivity contribution in [2.45, 2.75) is 18.9 Å². The molecular weight excluding hydrogens is 342 g/mol. The fourth-order valence-corrected chi connectivity index (χ4v) is 3.01. The van der Waals surface area contributed by atoms with Crippen molar-refractivity contribution in [2.75, 3.05) is 11.9 Å². The number of nitrogens with two attached hydrogens (primary N) is 1. The molecule has 0 bridgehead atoms. The van der Waals surface area contributed by atoms with Crippen LogP contribution >= 0.6 is 11.6 Å². The largest absolute Gasteiger partial charge is 0.370 e. The quantitative estimate of drug-likeness (QED) is 0.706. The highest BCUT2D eigenvalue weighted by molar-refractivity contribution is 6.30. The molecule has 0 aromatic heterocycles. The van der Waals surface area contributed by atoms with E-state index >= 15 is 0 Å². The van der Waals surface area contributed by atoms with Crippen molar-refractivity contribution >= 4 is 35.2 Å². The molecule has 4 N–H and O–H groups in total. The van der Waals surface area contributed by atoms with Crippen LogP contribution in [0.5, 0.6) is 0 Å². The van der Waals surface area contributed by atoms with Gasteiger partial charge in [0.1, 0.15) is 5.16 Å². The smallest absolute Gasteiger partial charge is 0.327 e. The summed E-state index contributed by atoms with van der Waals surface area (Å²) in [5, 5.41) is 5.64. The van der Waals surface area contributed by atoms with Gasteiger partial charge < -0.3 is 11.1 Å². The first-order valence-electron chi connectivity index (χ1n) is 7.74. The van der Waals surface area contributed by atoms with E-state index < -0.39 is 5.54 Å². The highest BCUT2D eigenvalue weighted by Crippen LogP contribution is 2.32. The minimum atomic E-state index is -0.779. The highest BCUT2D eigenvalue weighted by atomic mass is 35.5. The number of urea groups is 1. The standard InChI is InChI=1S/C17H18ClN5O2/c1-17(10-14(24)21-15(19)22-17)11-5-4-6-12(9-11)20-16(25)23-8-3-2-7-13(23)18/h2-7,9H,8,10H2,1H3,(H,20,25)(H3,19,21,22,24)/t17-/m0/s1. The number of carbonyl (C=O) groups excluding carboxylic acids is 2. The summed E-state index contributed by atoms with van der Waals surface area (Å²) in [7, 11) is 0. The van der Waals surface area contributed by atoms with E-state index in [-0.39, 0.29) is 24.3 Å². The Bertz CT molecular complexity index is 817. The number of nitrogens with zero attached hydrogens (tertiary/aromatic N) is 2. The lowest BCUT2D eigenvalue weighted by Crippen LogP contribution is -2.46. The molecular formula is C17H18ClN5O2. The number of benzene rings is 1. The molecule has 2 aliphatic rings. The molecule has 3 amide bonds. The summed E-state index contributed by atoms with van der Waals surface area (Å²) in [4.78, 5) is 30.0. The van der Waals surface area contributed by atoms with Crippen molar-refractivity contribution < 1.29 is 9.59 Å². The van der Waals surface area contributed by atoms with Crippen LogP contribution in [-0.4, -0.2) is 29.3 Å². The van der Waals surface area contributed by atoms with Crippen LogP contribution in [0, 0.1) is 0 Å². The molecule has 130 valence electrons. The number of halogens is 1. The van der Waals surface area contributed by atoms with Gasteiger partial charge in [-0.05, 0) is 30.7 Å². The van der Waals surface area contributed by atoms with E-state index in [1.54, 1.807) is 30.4 Å². The zero-order valence-corrected chi connectivity index (χ0v) is 14.4. The van der Waals surface area contributed by atoms with Gasteiger partial charge >= 0.3 is 6.03 Å². The third-order valence-corrected chi connectivity index (χ3v) is 4.37. The minimum Gasteiger partial charge on any atom is -0.370 e. The van der Waals surface area contributed by atoms with E-state index in [0.717, 1.165) is 5.56 Å². The zero-order valence-electron chi connectivity index (χ0n) is 13.6. The molecule has 1 atom stereocenters. The Morgan fingerprint density at radius 3 is 3.00 bits per heavy atom. The number of rotatable bonds is 2. The number of hydrogen-bond acceptors (Lipinski definition) is 4. The van der Waals surface area contributed by atoms with E-state index in [1.807, 2.05) is 19.1 Å². The Labute approximate surface area is 150 Å². The normalized spacial score (nSPS) is 22.8. The number of guanidine groups is 1. The van der Waals surface area contributed by atoms with Crippen molar-refractivity contribution in [3.8, 4) is 0 Å². The molecule has 1 aromatic rings. The van der Waals surface area contributed by atoms with Gasteiger partial charge in [0, 0.05) is 12.2 Å². The topological polar surface area (TPSA) is 99.8 Å². The lowest BCUT2D eigenvalue weighted by atomic mass is 9.88. The maximum atomic E-state index is 12.4. The lowest BCUT2D eigenvalue weighted by molar-refractivity contribution is -0.121. The fraction of sp³-hybridized carbons (Fsp3) is 0.235. The highest BCUT2D eigenvalue weighted by Gasteiger charge is 2.33. The molecule has 0 unspecified atom stereocenters. The summed E-state index contributed by atoms with van der Waals surface area (Å²) >= 11 is 6.05. The molecule has 0 aliphatic carbocycles. The first kappa shape index (κ1) is 17.0. The molecule has 0 saturated carbocycles. The Hall–Kier alpha value is -2.80. The molecule has 0 fully saturated rings. The van der Waals surface area contributed by atoms with Crippen LogP contribution in [0.3, 0.4) is 0 Å². The first-order chi connectivity index (χ1) is 11.9. The van der Waals surface area contributed by atoms with E-state index in [0.29, 0.717) is 17.4 Å². The third kappa shape index (κ3) is 3.66. The van der Waals surface area contributed by atoms with E-state index in [1.165, 1.54) is 4.90 Å². The second-order valence-electron chi connectivity index (χ2n) is 6.03. The predicted octanol–water partition coefficient (Wildman–Crippen LogP) is 2.22. The Morgan fingerprint density at radius 2 is 2.28 bits per heavy atom. The summed E-state index contributed by atoms with van der Waals surface area (Å²) in [5.41, 5.74) is 6.27. The van der Waals surface area contributed by atoms with E-state index in [4.69, 9.17) is 17.3 Å². The summed E-state index contributed by atoms with van der Waals surface area (Å²) in [6.07, 6.45) is 5.46. The number of hydrogen-bond donors (Lipinski definition) is 3. The zero-order chi connectivity index (χ0) is 18.0. The van der Waals surface area contributed by atoms with Crippen molar-refractivity contribution in [1.29, 1.82) is 0 Å². The number of carbonyl (C=O) groups is 2. The Balaban J connectivity index is 1.81. The number of allylic oxidation sites excluding steroid dienone is 2. The van der Waals surface area contributed by atoms with Gasteiger partial charge in [-0.15, -0.1) is 0 Å². The SMILES string of the molecule is C[C@@]1(c2cccc(NC(=O)N3CC=CC=C3Cl)c2)CC(=O)NC(N)=N1. The van der Waals surface area contributed by atoms with Gasteiger partial charge in [0.25, 0.3) is 0 Å². The molecule has 8 heteroatoms. The molecule has 25 heavy (non-hydrogen) atoms. The van der Waals surface area contributed by atoms with Gasteiger partial charge in [-0.2, -0.15) is 0 Å². The molecule has 3 rings (SSSR count). The number of anilines is 1. The van der Waals surface area contributed by atoms with Gasteiger partial charge in [-0.25, -0.2) is 9.79 Å².